The molecule has 2 aromatic heterocycles. The Hall–Kier alpha value is -3.65. The Labute approximate surface area is 198 Å². The molecule has 0 spiro atoms. The number of likely N-dealkylation sites (N-methyl/N-ethyl adjacent to an activating group) is 1. The van der Waals surface area contributed by atoms with Crippen LogP contribution in [-0.2, 0) is 32.5 Å². The van der Waals surface area contributed by atoms with Crippen molar-refractivity contribution in [3.63, 3.8) is 0 Å². The van der Waals surface area contributed by atoms with Crippen molar-refractivity contribution >= 4 is 16.9 Å². The van der Waals surface area contributed by atoms with Crippen LogP contribution in [-0.4, -0.2) is 32.3 Å². The van der Waals surface area contributed by atoms with Crippen LogP contribution >= 0.6 is 0 Å². The van der Waals surface area contributed by atoms with Gasteiger partial charge in [-0.1, -0.05) is 49.4 Å². The van der Waals surface area contributed by atoms with Crippen molar-refractivity contribution in [2.24, 2.45) is 0 Å². The molecule has 0 saturated heterocycles. The second-order valence-corrected chi connectivity index (χ2v) is 8.50. The molecule has 2 heterocycles. The molecule has 0 radical (unpaired) electrons. The van der Waals surface area contributed by atoms with Crippen LogP contribution in [0.2, 0.25) is 0 Å². The van der Waals surface area contributed by atoms with Crippen molar-refractivity contribution < 1.29 is 0 Å². The van der Waals surface area contributed by atoms with Crippen molar-refractivity contribution in [2.45, 2.75) is 45.8 Å². The van der Waals surface area contributed by atoms with Crippen molar-refractivity contribution in [3.8, 4) is 0 Å². The molecule has 8 nitrogen and oxygen atoms in total. The zero-order valence-corrected chi connectivity index (χ0v) is 19.8. The van der Waals surface area contributed by atoms with Crippen LogP contribution in [0.1, 0.15) is 30.3 Å². The fraction of sp³-hybridized carbons (Fsp3) is 0.346. The highest BCUT2D eigenvalue weighted by Crippen LogP contribution is 2.17. The highest BCUT2D eigenvalue weighted by molar-refractivity contribution is 5.71. The molecule has 4 rings (SSSR count). The molecule has 8 heteroatoms. The Kier molecular flexibility index (Phi) is 7.27. The molecule has 178 valence electrons. The number of fused-ring (bicyclic) bond motifs is 1. The molecule has 0 unspecified atom stereocenters. The minimum Gasteiger partial charge on any atom is -0.399 e. The van der Waals surface area contributed by atoms with Crippen molar-refractivity contribution in [2.75, 3.05) is 19.3 Å². The van der Waals surface area contributed by atoms with Crippen molar-refractivity contribution in [1.82, 2.24) is 24.0 Å². The first-order valence-electron chi connectivity index (χ1n) is 11.8. The van der Waals surface area contributed by atoms with Crippen molar-refractivity contribution in [1.29, 1.82) is 0 Å². The van der Waals surface area contributed by atoms with E-state index in [0.717, 1.165) is 17.0 Å². The molecular formula is C26H32N6O2. The van der Waals surface area contributed by atoms with Gasteiger partial charge in [-0.2, -0.15) is 0 Å². The van der Waals surface area contributed by atoms with Gasteiger partial charge >= 0.3 is 5.69 Å². The largest absolute Gasteiger partial charge is 0.399 e. The van der Waals surface area contributed by atoms with Gasteiger partial charge in [0.15, 0.2) is 11.2 Å². The summed E-state index contributed by atoms with van der Waals surface area (Å²) in [6.45, 7) is 4.02. The summed E-state index contributed by atoms with van der Waals surface area (Å²) in [7, 11) is 1.88. The highest BCUT2D eigenvalue weighted by atomic mass is 16.2. The predicted octanol–water partition coefficient (Wildman–Crippen LogP) is 2.40. The van der Waals surface area contributed by atoms with E-state index < -0.39 is 0 Å². The topological polar surface area (TPSA) is 99.9 Å². The van der Waals surface area contributed by atoms with Gasteiger partial charge in [0.25, 0.3) is 5.56 Å². The summed E-state index contributed by atoms with van der Waals surface area (Å²) in [6.07, 6.45) is 1.88. The number of hydrogen-bond acceptors (Lipinski definition) is 5. The second-order valence-electron chi connectivity index (χ2n) is 8.50. The van der Waals surface area contributed by atoms with Crippen LogP contribution in [0.5, 0.6) is 0 Å². The first-order chi connectivity index (χ1) is 16.5. The number of benzene rings is 2. The summed E-state index contributed by atoms with van der Waals surface area (Å²) in [5.41, 5.74) is 9.12. The average molecular weight is 461 g/mol. The lowest BCUT2D eigenvalue weighted by molar-refractivity contribution is 0.556. The molecule has 0 saturated carbocycles. The molecule has 4 aromatic rings. The van der Waals surface area contributed by atoms with Gasteiger partial charge in [0.1, 0.15) is 5.82 Å². The van der Waals surface area contributed by atoms with Crippen LogP contribution in [0, 0.1) is 0 Å². The molecule has 0 aliphatic heterocycles. The fourth-order valence-electron chi connectivity index (χ4n) is 4.33. The van der Waals surface area contributed by atoms with Gasteiger partial charge < -0.3 is 15.6 Å². The first-order valence-corrected chi connectivity index (χ1v) is 11.8. The van der Waals surface area contributed by atoms with Gasteiger partial charge in [-0.3, -0.25) is 13.9 Å². The highest BCUT2D eigenvalue weighted by Gasteiger charge is 2.21. The lowest BCUT2D eigenvalue weighted by Gasteiger charge is -2.13. The number of hydrogen-bond donors (Lipinski definition) is 2. The van der Waals surface area contributed by atoms with Crippen LogP contribution in [0.25, 0.3) is 11.2 Å². The Bertz CT molecular complexity index is 1380. The van der Waals surface area contributed by atoms with E-state index in [2.05, 4.69) is 5.32 Å². The zero-order chi connectivity index (χ0) is 24.1. The maximum Gasteiger partial charge on any atom is 0.332 e. The number of anilines is 1. The zero-order valence-electron chi connectivity index (χ0n) is 19.8. The number of nitrogens with two attached hydrogens (primary N) is 1. The monoisotopic (exact) mass is 460 g/mol. The van der Waals surface area contributed by atoms with E-state index in [0.29, 0.717) is 62.3 Å². The van der Waals surface area contributed by atoms with E-state index >= 15 is 0 Å². The number of nitrogens with zero attached hydrogens (tertiary/aromatic N) is 4. The van der Waals surface area contributed by atoms with Crippen LogP contribution in [0.15, 0.2) is 64.2 Å². The molecule has 34 heavy (non-hydrogen) atoms. The molecule has 2 aromatic carbocycles. The van der Waals surface area contributed by atoms with Gasteiger partial charge in [-0.15, -0.1) is 0 Å². The van der Waals surface area contributed by atoms with E-state index in [-0.39, 0.29) is 11.2 Å². The van der Waals surface area contributed by atoms with E-state index in [1.165, 1.54) is 4.57 Å². The summed E-state index contributed by atoms with van der Waals surface area (Å²) in [5.74, 6) is 0.778. The Balaban J connectivity index is 1.88. The van der Waals surface area contributed by atoms with E-state index in [1.807, 2.05) is 73.1 Å². The van der Waals surface area contributed by atoms with Gasteiger partial charge in [0, 0.05) is 38.3 Å². The molecule has 0 fully saturated rings. The smallest absolute Gasteiger partial charge is 0.332 e. The van der Waals surface area contributed by atoms with Gasteiger partial charge in [0.2, 0.25) is 0 Å². The molecular weight excluding hydrogens is 428 g/mol. The molecule has 3 N–H and O–H groups in total. The predicted molar refractivity (Wildman–Crippen MR) is 136 cm³/mol. The quantitative estimate of drug-likeness (QED) is 0.354. The summed E-state index contributed by atoms with van der Waals surface area (Å²) in [6, 6.07) is 17.7. The number of imidazole rings is 1. The number of nitrogen functional groups attached to an aromatic ring is 1. The number of rotatable bonds is 10. The standard InChI is InChI=1S/C26H32N6O2/c1-3-14-32-25(33)23-24(31(26(32)34)15-12-20-10-7-11-21(27)17-20)29-22(30(23)16-13-28-2)18-19-8-5-4-6-9-19/h4-11,17,28H,3,12-16,18,27H2,1-2H3. The minimum atomic E-state index is -0.312. The molecule has 0 aliphatic carbocycles. The second kappa shape index (κ2) is 10.5. The number of aromatic nitrogens is 4. The molecule has 0 bridgehead atoms. The Morgan fingerprint density at radius 3 is 2.38 bits per heavy atom. The Morgan fingerprint density at radius 1 is 0.912 bits per heavy atom. The molecule has 0 aliphatic rings. The molecule has 0 amide bonds. The summed E-state index contributed by atoms with van der Waals surface area (Å²) in [4.78, 5) is 31.8. The molecule has 0 atom stereocenters. The lowest BCUT2D eigenvalue weighted by Crippen LogP contribution is -2.41. The minimum absolute atomic E-state index is 0.273. The maximum absolute atomic E-state index is 13.5. The van der Waals surface area contributed by atoms with Gasteiger partial charge in [0.05, 0.1) is 0 Å². The SMILES string of the molecule is CCCn1c(=O)c2c(nc(Cc3ccccc3)n2CCNC)n(CCc2cccc(N)c2)c1=O. The summed E-state index contributed by atoms with van der Waals surface area (Å²) >= 11 is 0. The van der Waals surface area contributed by atoms with Crippen LogP contribution < -0.4 is 22.3 Å². The normalized spacial score (nSPS) is 11.4. The average Bonchev–Trinajstić information content (AvgIpc) is 3.18. The maximum atomic E-state index is 13.5. The third kappa shape index (κ3) is 4.82. The van der Waals surface area contributed by atoms with Crippen molar-refractivity contribution in [3.05, 3.63) is 92.4 Å². The van der Waals surface area contributed by atoms with E-state index in [4.69, 9.17) is 10.7 Å². The van der Waals surface area contributed by atoms with Gasteiger partial charge in [-0.25, -0.2) is 9.78 Å². The fourth-order valence-corrected chi connectivity index (χ4v) is 4.33. The lowest BCUT2D eigenvalue weighted by atomic mass is 10.1. The number of nitrogens with one attached hydrogen (secondary N) is 1. The van der Waals surface area contributed by atoms with Crippen LogP contribution in [0.4, 0.5) is 5.69 Å². The third-order valence-electron chi connectivity index (χ3n) is 6.01. The third-order valence-corrected chi connectivity index (χ3v) is 6.01. The van der Waals surface area contributed by atoms with Gasteiger partial charge in [-0.05, 0) is 43.1 Å². The number of aryl methyl sites for hydroxylation is 2. The Morgan fingerprint density at radius 2 is 1.68 bits per heavy atom. The summed E-state index contributed by atoms with van der Waals surface area (Å²) in [5, 5.41) is 3.16. The van der Waals surface area contributed by atoms with Crippen LogP contribution in [0.3, 0.4) is 0 Å². The summed E-state index contributed by atoms with van der Waals surface area (Å²) < 4.78 is 4.98. The first kappa shape index (κ1) is 23.5. The van der Waals surface area contributed by atoms with E-state index in [9.17, 15) is 9.59 Å². The van der Waals surface area contributed by atoms with E-state index in [1.54, 1.807) is 4.57 Å².